The smallest absolute Gasteiger partial charge is 0.243 e. The van der Waals surface area contributed by atoms with E-state index in [1.807, 2.05) is 28.8 Å². The second-order valence-electron chi connectivity index (χ2n) is 10.3. The van der Waals surface area contributed by atoms with Gasteiger partial charge >= 0.3 is 0 Å². The number of fused-ring (bicyclic) bond motifs is 1. The summed E-state index contributed by atoms with van der Waals surface area (Å²) in [6.07, 6.45) is 11.0. The molecular formula is C29H35F2N3O2. The van der Waals surface area contributed by atoms with Crippen molar-refractivity contribution in [1.29, 1.82) is 0 Å². The number of hydrogen-bond acceptors (Lipinski definition) is 3. The number of benzene rings is 2. The molecule has 2 saturated carbocycles. The molecule has 3 aromatic rings. The summed E-state index contributed by atoms with van der Waals surface area (Å²) in [5, 5.41) is 3.33. The van der Waals surface area contributed by atoms with Crippen LogP contribution in [0.25, 0.3) is 11.0 Å². The summed E-state index contributed by atoms with van der Waals surface area (Å²) in [6, 6.07) is 9.66. The van der Waals surface area contributed by atoms with E-state index in [9.17, 15) is 13.6 Å². The van der Waals surface area contributed by atoms with Crippen LogP contribution in [0.4, 0.5) is 8.78 Å². The third-order valence-electron chi connectivity index (χ3n) is 7.94. The van der Waals surface area contributed by atoms with Crippen LogP contribution >= 0.6 is 0 Å². The Balaban J connectivity index is 1.62. The van der Waals surface area contributed by atoms with Gasteiger partial charge in [-0.05, 0) is 37.7 Å². The van der Waals surface area contributed by atoms with E-state index in [0.29, 0.717) is 29.0 Å². The molecule has 0 spiro atoms. The molecule has 1 N–H and O–H groups in total. The summed E-state index contributed by atoms with van der Waals surface area (Å²) >= 11 is 0. The predicted octanol–water partition coefficient (Wildman–Crippen LogP) is 6.48. The van der Waals surface area contributed by atoms with Gasteiger partial charge in [0.2, 0.25) is 5.91 Å². The van der Waals surface area contributed by atoms with Crippen LogP contribution in [0.2, 0.25) is 0 Å². The fourth-order valence-electron chi connectivity index (χ4n) is 6.12. The summed E-state index contributed by atoms with van der Waals surface area (Å²) in [6.45, 7) is 0. The Morgan fingerprint density at radius 1 is 1.03 bits per heavy atom. The van der Waals surface area contributed by atoms with Crippen molar-refractivity contribution in [1.82, 2.24) is 14.9 Å². The van der Waals surface area contributed by atoms with Crippen LogP contribution < -0.4 is 10.1 Å². The minimum absolute atomic E-state index is 0.0286. The molecule has 5 nitrogen and oxygen atoms in total. The van der Waals surface area contributed by atoms with Crippen molar-refractivity contribution in [3.8, 4) is 5.75 Å². The lowest BCUT2D eigenvalue weighted by atomic mass is 9.82. The average molecular weight is 496 g/mol. The molecule has 0 aliphatic heterocycles. The Morgan fingerprint density at radius 2 is 1.69 bits per heavy atom. The Hall–Kier alpha value is -2.96. The van der Waals surface area contributed by atoms with Gasteiger partial charge in [-0.15, -0.1) is 0 Å². The van der Waals surface area contributed by atoms with Gasteiger partial charge in [0.1, 0.15) is 17.6 Å². The summed E-state index contributed by atoms with van der Waals surface area (Å²) in [4.78, 5) is 18.7. The molecule has 1 amide bonds. The molecule has 1 unspecified atom stereocenters. The molecule has 7 heteroatoms. The first-order valence-electron chi connectivity index (χ1n) is 13.3. The van der Waals surface area contributed by atoms with Crippen LogP contribution in [0, 0.1) is 17.6 Å². The number of aromatic nitrogens is 2. The van der Waals surface area contributed by atoms with E-state index in [0.717, 1.165) is 69.4 Å². The fourth-order valence-corrected chi connectivity index (χ4v) is 6.12. The largest absolute Gasteiger partial charge is 0.496 e. The first kappa shape index (κ1) is 24.7. The molecule has 1 aromatic heterocycles. The number of para-hydroxylation sites is 1. The third-order valence-corrected chi connectivity index (χ3v) is 7.94. The molecule has 5 rings (SSSR count). The van der Waals surface area contributed by atoms with E-state index in [1.165, 1.54) is 12.5 Å². The Bertz CT molecular complexity index is 1210. The Morgan fingerprint density at radius 3 is 2.42 bits per heavy atom. The SMILES string of the molecule is COc1ccccc1Cc1nc2cc(F)c(F)cc2n1C(C(=O)NC1CCCCC1)C1CCCCC1. The lowest BCUT2D eigenvalue weighted by Crippen LogP contribution is -2.43. The Kier molecular flexibility index (Phi) is 7.54. The van der Waals surface area contributed by atoms with Crippen LogP contribution in [0.5, 0.6) is 5.75 Å². The highest BCUT2D eigenvalue weighted by atomic mass is 19.2. The van der Waals surface area contributed by atoms with E-state index >= 15 is 0 Å². The Labute approximate surface area is 211 Å². The number of carbonyl (C=O) groups is 1. The van der Waals surface area contributed by atoms with Gasteiger partial charge in [-0.25, -0.2) is 13.8 Å². The molecule has 192 valence electrons. The molecule has 0 saturated heterocycles. The molecule has 36 heavy (non-hydrogen) atoms. The zero-order valence-corrected chi connectivity index (χ0v) is 20.9. The van der Waals surface area contributed by atoms with Crippen molar-refractivity contribution in [2.75, 3.05) is 7.11 Å². The summed E-state index contributed by atoms with van der Waals surface area (Å²) < 4.78 is 36.2. The molecule has 2 aliphatic carbocycles. The van der Waals surface area contributed by atoms with Crippen LogP contribution in [-0.4, -0.2) is 28.6 Å². The highest BCUT2D eigenvalue weighted by molar-refractivity contribution is 5.85. The number of nitrogens with one attached hydrogen (secondary N) is 1. The standard InChI is InChI=1S/C29H35F2N3O2/c1-36-26-15-9-8-12-20(26)16-27-33-24-17-22(30)23(31)18-25(24)34(27)28(19-10-4-2-5-11-19)29(35)32-21-13-6-3-7-14-21/h8-9,12,15,17-19,21,28H,2-7,10-11,13-14,16H2,1H3,(H,32,35). The van der Waals surface area contributed by atoms with Crippen molar-refractivity contribution in [2.24, 2.45) is 5.92 Å². The van der Waals surface area contributed by atoms with Gasteiger partial charge in [-0.3, -0.25) is 4.79 Å². The van der Waals surface area contributed by atoms with Crippen LogP contribution in [-0.2, 0) is 11.2 Å². The summed E-state index contributed by atoms with van der Waals surface area (Å²) in [5.41, 5.74) is 1.74. The summed E-state index contributed by atoms with van der Waals surface area (Å²) in [5.74, 6) is -0.439. The van der Waals surface area contributed by atoms with E-state index in [1.54, 1.807) is 7.11 Å². The van der Waals surface area contributed by atoms with E-state index < -0.39 is 17.7 Å². The third kappa shape index (κ3) is 5.11. The second-order valence-corrected chi connectivity index (χ2v) is 10.3. The first-order chi connectivity index (χ1) is 17.5. The highest BCUT2D eigenvalue weighted by Crippen LogP contribution is 2.37. The fraction of sp³-hybridized carbons (Fsp3) is 0.517. The molecule has 2 aromatic carbocycles. The van der Waals surface area contributed by atoms with E-state index in [-0.39, 0.29) is 17.9 Å². The first-order valence-corrected chi connectivity index (χ1v) is 13.3. The maximum atomic E-state index is 14.5. The molecule has 0 bridgehead atoms. The normalized spacial score (nSPS) is 18.3. The molecule has 2 aliphatic rings. The number of ether oxygens (including phenoxy) is 1. The maximum Gasteiger partial charge on any atom is 0.243 e. The second kappa shape index (κ2) is 11.0. The quantitative estimate of drug-likeness (QED) is 0.408. The zero-order valence-electron chi connectivity index (χ0n) is 20.9. The zero-order chi connectivity index (χ0) is 25.1. The van der Waals surface area contributed by atoms with Gasteiger partial charge in [0.15, 0.2) is 11.6 Å². The minimum Gasteiger partial charge on any atom is -0.496 e. The molecular weight excluding hydrogens is 460 g/mol. The van der Waals surface area contributed by atoms with Gasteiger partial charge < -0.3 is 14.6 Å². The molecule has 0 radical (unpaired) electrons. The number of carbonyl (C=O) groups excluding carboxylic acids is 1. The van der Waals surface area contributed by atoms with Crippen LogP contribution in [0.1, 0.15) is 81.6 Å². The molecule has 1 atom stereocenters. The number of imidazole rings is 1. The van der Waals surface area contributed by atoms with Gasteiger partial charge in [0.05, 0.1) is 18.1 Å². The highest BCUT2D eigenvalue weighted by Gasteiger charge is 2.35. The van der Waals surface area contributed by atoms with Crippen molar-refractivity contribution >= 4 is 16.9 Å². The van der Waals surface area contributed by atoms with E-state index in [2.05, 4.69) is 5.32 Å². The van der Waals surface area contributed by atoms with Crippen molar-refractivity contribution < 1.29 is 18.3 Å². The number of rotatable bonds is 7. The maximum absolute atomic E-state index is 14.5. The number of methoxy groups -OCH3 is 1. The van der Waals surface area contributed by atoms with Gasteiger partial charge in [-0.1, -0.05) is 56.7 Å². The predicted molar refractivity (Wildman–Crippen MR) is 136 cm³/mol. The lowest BCUT2D eigenvalue weighted by molar-refractivity contribution is -0.127. The number of nitrogens with zero attached hydrogens (tertiary/aromatic N) is 2. The molecule has 1 heterocycles. The lowest BCUT2D eigenvalue weighted by Gasteiger charge is -2.34. The minimum atomic E-state index is -0.933. The van der Waals surface area contributed by atoms with Gasteiger partial charge in [-0.2, -0.15) is 0 Å². The number of hydrogen-bond donors (Lipinski definition) is 1. The number of halogens is 2. The summed E-state index contributed by atoms with van der Waals surface area (Å²) in [7, 11) is 1.62. The topological polar surface area (TPSA) is 56.2 Å². The van der Waals surface area contributed by atoms with Crippen LogP contribution in [0.3, 0.4) is 0 Å². The van der Waals surface area contributed by atoms with E-state index in [4.69, 9.17) is 9.72 Å². The van der Waals surface area contributed by atoms with Crippen molar-refractivity contribution in [3.05, 3.63) is 59.4 Å². The molecule has 2 fully saturated rings. The van der Waals surface area contributed by atoms with Crippen molar-refractivity contribution in [2.45, 2.75) is 82.7 Å². The van der Waals surface area contributed by atoms with Gasteiger partial charge in [0, 0.05) is 30.2 Å². The number of amides is 1. The van der Waals surface area contributed by atoms with Crippen molar-refractivity contribution in [3.63, 3.8) is 0 Å². The average Bonchev–Trinajstić information content (AvgIpc) is 3.22. The van der Waals surface area contributed by atoms with Gasteiger partial charge in [0.25, 0.3) is 0 Å². The van der Waals surface area contributed by atoms with Crippen LogP contribution in [0.15, 0.2) is 36.4 Å². The monoisotopic (exact) mass is 495 g/mol.